The van der Waals surface area contributed by atoms with E-state index in [1.54, 1.807) is 24.3 Å². The largest absolute Gasteiger partial charge is 0.385 e. The molecule has 1 aliphatic carbocycles. The molecule has 106 valence electrons. The lowest BCUT2D eigenvalue weighted by molar-refractivity contribution is 0.581. The molecule has 1 aromatic rings. The Bertz CT molecular complexity index is 509. The van der Waals surface area contributed by atoms with Crippen LogP contribution in [-0.2, 0) is 10.0 Å². The summed E-state index contributed by atoms with van der Waals surface area (Å²) in [4.78, 5) is 0.317. The van der Waals surface area contributed by atoms with E-state index in [2.05, 4.69) is 17.0 Å². The minimum absolute atomic E-state index is 0.133. The number of sulfonamides is 1. The summed E-state index contributed by atoms with van der Waals surface area (Å²) in [6.45, 7) is 3.47. The predicted octanol–water partition coefficient (Wildman–Crippen LogP) is 1.13. The second-order valence-corrected chi connectivity index (χ2v) is 6.86. The normalized spacial score (nSPS) is 17.2. The average molecular weight is 283 g/mol. The predicted molar refractivity (Wildman–Crippen MR) is 76.5 cm³/mol. The highest BCUT2D eigenvalue weighted by molar-refractivity contribution is 7.89. The summed E-state index contributed by atoms with van der Waals surface area (Å²) in [5.74, 6) is 0.389. The van der Waals surface area contributed by atoms with Gasteiger partial charge in [-0.2, -0.15) is 0 Å². The molecule has 0 aliphatic heterocycles. The fraction of sp³-hybridized carbons (Fsp3) is 0.538. The monoisotopic (exact) mass is 283 g/mol. The first-order valence-electron chi connectivity index (χ1n) is 6.57. The Kier molecular flexibility index (Phi) is 4.44. The maximum absolute atomic E-state index is 12.0. The van der Waals surface area contributed by atoms with E-state index in [-0.39, 0.29) is 6.04 Å². The van der Waals surface area contributed by atoms with Crippen molar-refractivity contribution in [3.8, 4) is 0 Å². The van der Waals surface area contributed by atoms with Gasteiger partial charge >= 0.3 is 0 Å². The summed E-state index contributed by atoms with van der Waals surface area (Å²) >= 11 is 0. The van der Waals surface area contributed by atoms with E-state index in [1.807, 2.05) is 0 Å². The molecule has 1 fully saturated rings. The zero-order valence-corrected chi connectivity index (χ0v) is 11.9. The number of nitrogens with one attached hydrogen (secondary N) is 2. The molecule has 0 spiro atoms. The van der Waals surface area contributed by atoms with Crippen molar-refractivity contribution in [1.29, 1.82) is 0 Å². The first-order valence-corrected chi connectivity index (χ1v) is 8.06. The van der Waals surface area contributed by atoms with Crippen LogP contribution < -0.4 is 15.8 Å². The van der Waals surface area contributed by atoms with Gasteiger partial charge in [0.1, 0.15) is 0 Å². The molecule has 0 radical (unpaired) electrons. The minimum Gasteiger partial charge on any atom is -0.385 e. The number of hydrogen-bond acceptors (Lipinski definition) is 4. The zero-order valence-electron chi connectivity index (χ0n) is 11.1. The van der Waals surface area contributed by atoms with Gasteiger partial charge in [-0.1, -0.05) is 6.92 Å². The molecule has 1 atom stereocenters. The van der Waals surface area contributed by atoms with Gasteiger partial charge in [0.05, 0.1) is 4.90 Å². The van der Waals surface area contributed by atoms with Crippen LogP contribution >= 0.6 is 0 Å². The summed E-state index contributed by atoms with van der Waals surface area (Å²) in [6, 6.07) is 6.95. The first-order chi connectivity index (χ1) is 9.01. The van der Waals surface area contributed by atoms with Crippen LogP contribution in [0.4, 0.5) is 5.69 Å². The standard InChI is InChI=1S/C13H21N3O2S/c1-10(8-14)9-15-11-4-6-13(7-5-11)19(17,18)16-12-2-3-12/h4-7,10,12,15-16H,2-3,8-9,14H2,1H3. The van der Waals surface area contributed by atoms with Crippen molar-refractivity contribution in [3.63, 3.8) is 0 Å². The Morgan fingerprint density at radius 1 is 1.32 bits per heavy atom. The van der Waals surface area contributed by atoms with Crippen molar-refractivity contribution in [3.05, 3.63) is 24.3 Å². The lowest BCUT2D eigenvalue weighted by Crippen LogP contribution is -2.25. The fourth-order valence-electron chi connectivity index (χ4n) is 1.62. The van der Waals surface area contributed by atoms with E-state index < -0.39 is 10.0 Å². The molecule has 5 nitrogen and oxygen atoms in total. The molecule has 1 aliphatic rings. The molecule has 1 saturated carbocycles. The van der Waals surface area contributed by atoms with Gasteiger partial charge in [-0.05, 0) is 49.6 Å². The van der Waals surface area contributed by atoms with Gasteiger partial charge in [0, 0.05) is 18.3 Å². The second-order valence-electron chi connectivity index (χ2n) is 5.14. The molecule has 1 unspecified atom stereocenters. The number of nitrogens with two attached hydrogens (primary N) is 1. The molecule has 2 rings (SSSR count). The van der Waals surface area contributed by atoms with E-state index in [1.165, 1.54) is 0 Å². The summed E-state index contributed by atoms with van der Waals surface area (Å²) < 4.78 is 26.6. The lowest BCUT2D eigenvalue weighted by atomic mass is 10.2. The molecule has 0 bridgehead atoms. The van der Waals surface area contributed by atoms with E-state index in [0.29, 0.717) is 17.4 Å². The molecule has 0 heterocycles. The van der Waals surface area contributed by atoms with Crippen LogP contribution in [0.1, 0.15) is 19.8 Å². The van der Waals surface area contributed by atoms with Gasteiger partial charge in [-0.25, -0.2) is 13.1 Å². The molecule has 0 amide bonds. The van der Waals surface area contributed by atoms with E-state index in [0.717, 1.165) is 25.1 Å². The molecular formula is C13H21N3O2S. The first kappa shape index (κ1) is 14.3. The van der Waals surface area contributed by atoms with Gasteiger partial charge in [0.15, 0.2) is 0 Å². The Hall–Kier alpha value is -1.11. The maximum atomic E-state index is 12.0. The van der Waals surface area contributed by atoms with E-state index in [9.17, 15) is 8.42 Å². The van der Waals surface area contributed by atoms with E-state index >= 15 is 0 Å². The number of hydrogen-bond donors (Lipinski definition) is 3. The zero-order chi connectivity index (χ0) is 13.9. The quantitative estimate of drug-likeness (QED) is 0.700. The van der Waals surface area contributed by atoms with Crippen LogP contribution in [0.2, 0.25) is 0 Å². The highest BCUT2D eigenvalue weighted by atomic mass is 32.2. The molecule has 0 aromatic heterocycles. The van der Waals surface area contributed by atoms with Crippen LogP contribution in [0.3, 0.4) is 0 Å². The van der Waals surface area contributed by atoms with Crippen LogP contribution in [0.5, 0.6) is 0 Å². The Balaban J connectivity index is 1.97. The third-order valence-electron chi connectivity index (χ3n) is 3.12. The van der Waals surface area contributed by atoms with Crippen molar-refractivity contribution in [2.75, 3.05) is 18.4 Å². The molecule has 6 heteroatoms. The Morgan fingerprint density at radius 3 is 2.47 bits per heavy atom. The topological polar surface area (TPSA) is 84.2 Å². The Labute approximate surface area is 114 Å². The van der Waals surface area contributed by atoms with Gasteiger partial charge in [0.25, 0.3) is 0 Å². The second kappa shape index (κ2) is 5.90. The third kappa shape index (κ3) is 4.19. The van der Waals surface area contributed by atoms with Crippen molar-refractivity contribution in [2.24, 2.45) is 11.7 Å². The average Bonchev–Trinajstić information content (AvgIpc) is 3.19. The lowest BCUT2D eigenvalue weighted by Gasteiger charge is -2.12. The van der Waals surface area contributed by atoms with Gasteiger partial charge in [0.2, 0.25) is 10.0 Å². The van der Waals surface area contributed by atoms with Crippen molar-refractivity contribution < 1.29 is 8.42 Å². The molecular weight excluding hydrogens is 262 g/mol. The van der Waals surface area contributed by atoms with Crippen LogP contribution in [0, 0.1) is 5.92 Å². The molecule has 19 heavy (non-hydrogen) atoms. The molecule has 0 saturated heterocycles. The smallest absolute Gasteiger partial charge is 0.240 e. The van der Waals surface area contributed by atoms with Crippen molar-refractivity contribution in [1.82, 2.24) is 4.72 Å². The number of rotatable bonds is 7. The summed E-state index contributed by atoms with van der Waals surface area (Å²) in [5, 5.41) is 3.23. The SMILES string of the molecule is CC(CN)CNc1ccc(S(=O)(=O)NC2CC2)cc1. The van der Waals surface area contributed by atoms with Gasteiger partial charge in [-0.15, -0.1) is 0 Å². The van der Waals surface area contributed by atoms with Crippen LogP contribution in [0.15, 0.2) is 29.2 Å². The highest BCUT2D eigenvalue weighted by Gasteiger charge is 2.27. The van der Waals surface area contributed by atoms with E-state index in [4.69, 9.17) is 5.73 Å². The van der Waals surface area contributed by atoms with Crippen LogP contribution in [0.25, 0.3) is 0 Å². The van der Waals surface area contributed by atoms with Crippen molar-refractivity contribution in [2.45, 2.75) is 30.7 Å². The molecule has 4 N–H and O–H groups in total. The summed E-state index contributed by atoms with van der Waals surface area (Å²) in [7, 11) is -3.35. The minimum atomic E-state index is -3.35. The fourth-order valence-corrected chi connectivity index (χ4v) is 2.92. The number of benzene rings is 1. The Morgan fingerprint density at radius 2 is 1.95 bits per heavy atom. The summed E-state index contributed by atoms with van der Waals surface area (Å²) in [5.41, 5.74) is 6.45. The summed E-state index contributed by atoms with van der Waals surface area (Å²) in [6.07, 6.45) is 1.88. The number of anilines is 1. The molecule has 1 aromatic carbocycles. The van der Waals surface area contributed by atoms with Gasteiger partial charge < -0.3 is 11.1 Å². The maximum Gasteiger partial charge on any atom is 0.240 e. The third-order valence-corrected chi connectivity index (χ3v) is 4.66. The van der Waals surface area contributed by atoms with Gasteiger partial charge in [-0.3, -0.25) is 0 Å². The van der Waals surface area contributed by atoms with Crippen LogP contribution in [-0.4, -0.2) is 27.5 Å². The van der Waals surface area contributed by atoms with Crippen molar-refractivity contribution >= 4 is 15.7 Å². The highest BCUT2D eigenvalue weighted by Crippen LogP contribution is 2.22.